The molecule has 1 atom stereocenters. The minimum Gasteiger partial charge on any atom is -0.385 e. The lowest BCUT2D eigenvalue weighted by Crippen LogP contribution is -2.40. The van der Waals surface area contributed by atoms with E-state index in [1.807, 2.05) is 6.07 Å². The quantitative estimate of drug-likeness (QED) is 0.813. The Kier molecular flexibility index (Phi) is 6.25. The summed E-state index contributed by atoms with van der Waals surface area (Å²) in [6.07, 6.45) is 7.06. The summed E-state index contributed by atoms with van der Waals surface area (Å²) in [5.41, 5.74) is 0.466. The van der Waals surface area contributed by atoms with Crippen LogP contribution in [0.4, 0.5) is 0 Å². The van der Waals surface area contributed by atoms with Gasteiger partial charge in [0.15, 0.2) is 0 Å². The summed E-state index contributed by atoms with van der Waals surface area (Å²) in [4.78, 5) is 2.41. The van der Waals surface area contributed by atoms with E-state index in [9.17, 15) is 5.11 Å². The molecule has 21 heavy (non-hydrogen) atoms. The first-order valence-electron chi connectivity index (χ1n) is 8.71. The Labute approximate surface area is 130 Å². The van der Waals surface area contributed by atoms with Crippen LogP contribution in [-0.4, -0.2) is 29.6 Å². The molecule has 0 heterocycles. The van der Waals surface area contributed by atoms with Gasteiger partial charge in [0, 0.05) is 6.54 Å². The average molecular weight is 289 g/mol. The van der Waals surface area contributed by atoms with Crippen molar-refractivity contribution < 1.29 is 5.11 Å². The van der Waals surface area contributed by atoms with E-state index in [0.29, 0.717) is 5.92 Å². The lowest BCUT2D eigenvalue weighted by atomic mass is 9.71. The Bertz CT molecular complexity index is 395. The van der Waals surface area contributed by atoms with Crippen molar-refractivity contribution in [2.24, 2.45) is 5.92 Å². The first kappa shape index (κ1) is 16.5. The van der Waals surface area contributed by atoms with Crippen LogP contribution < -0.4 is 0 Å². The van der Waals surface area contributed by atoms with Gasteiger partial charge in [-0.3, -0.25) is 0 Å². The third-order valence-electron chi connectivity index (χ3n) is 5.26. The van der Waals surface area contributed by atoms with Gasteiger partial charge in [-0.2, -0.15) is 0 Å². The molecule has 2 heteroatoms. The molecule has 2 nitrogen and oxygen atoms in total. The zero-order valence-corrected chi connectivity index (χ0v) is 13.7. The molecule has 0 spiro atoms. The molecule has 0 aromatic heterocycles. The van der Waals surface area contributed by atoms with Gasteiger partial charge in [-0.05, 0) is 43.8 Å². The molecule has 0 aliphatic heterocycles. The first-order valence-corrected chi connectivity index (χ1v) is 8.71. The maximum Gasteiger partial charge on any atom is 0.0936 e. The molecule has 1 aliphatic carbocycles. The Morgan fingerprint density at radius 2 is 1.67 bits per heavy atom. The fraction of sp³-hybridized carbons (Fsp3) is 0.684. The van der Waals surface area contributed by atoms with Gasteiger partial charge >= 0.3 is 0 Å². The summed E-state index contributed by atoms with van der Waals surface area (Å²) < 4.78 is 0. The van der Waals surface area contributed by atoms with E-state index in [0.717, 1.165) is 31.6 Å². The molecule has 0 bridgehead atoms. The third-order valence-corrected chi connectivity index (χ3v) is 5.26. The van der Waals surface area contributed by atoms with Crippen LogP contribution in [0.15, 0.2) is 30.3 Å². The van der Waals surface area contributed by atoms with Crippen molar-refractivity contribution in [2.45, 2.75) is 58.0 Å². The van der Waals surface area contributed by atoms with Crippen LogP contribution in [0.5, 0.6) is 0 Å². The summed E-state index contributed by atoms with van der Waals surface area (Å²) in [6.45, 7) is 7.50. The minimum atomic E-state index is -0.649. The van der Waals surface area contributed by atoms with Gasteiger partial charge in [0.25, 0.3) is 0 Å². The number of benzene rings is 1. The summed E-state index contributed by atoms with van der Waals surface area (Å²) in [6, 6.07) is 10.4. The molecule has 118 valence electrons. The second-order valence-corrected chi connectivity index (χ2v) is 6.40. The summed E-state index contributed by atoms with van der Waals surface area (Å²) >= 11 is 0. The Balaban J connectivity index is 2.17. The van der Waals surface area contributed by atoms with E-state index in [-0.39, 0.29) is 0 Å². The van der Waals surface area contributed by atoms with E-state index in [2.05, 4.69) is 43.0 Å². The summed E-state index contributed by atoms with van der Waals surface area (Å²) in [5.74, 6) is 0.421. The van der Waals surface area contributed by atoms with E-state index < -0.39 is 5.60 Å². The van der Waals surface area contributed by atoms with E-state index in [1.54, 1.807) is 0 Å². The van der Waals surface area contributed by atoms with Crippen LogP contribution in [-0.2, 0) is 5.60 Å². The minimum absolute atomic E-state index is 0.421. The lowest BCUT2D eigenvalue weighted by molar-refractivity contribution is -0.0516. The Morgan fingerprint density at radius 1 is 1.05 bits per heavy atom. The number of aliphatic hydroxyl groups is 1. The summed E-state index contributed by atoms with van der Waals surface area (Å²) in [7, 11) is 0. The second-order valence-electron chi connectivity index (χ2n) is 6.40. The highest BCUT2D eigenvalue weighted by atomic mass is 16.3. The van der Waals surface area contributed by atoms with Gasteiger partial charge in [-0.25, -0.2) is 0 Å². The fourth-order valence-electron chi connectivity index (χ4n) is 3.76. The highest BCUT2D eigenvalue weighted by Gasteiger charge is 2.38. The van der Waals surface area contributed by atoms with E-state index in [1.165, 1.54) is 32.1 Å². The van der Waals surface area contributed by atoms with Gasteiger partial charge in [0.2, 0.25) is 0 Å². The monoisotopic (exact) mass is 289 g/mol. The molecule has 0 radical (unpaired) electrons. The van der Waals surface area contributed by atoms with Gasteiger partial charge in [0.05, 0.1) is 5.60 Å². The molecule has 1 fully saturated rings. The molecular weight excluding hydrogens is 258 g/mol. The van der Waals surface area contributed by atoms with Crippen molar-refractivity contribution in [3.8, 4) is 0 Å². The highest BCUT2D eigenvalue weighted by Crippen LogP contribution is 2.41. The van der Waals surface area contributed by atoms with Crippen molar-refractivity contribution in [2.75, 3.05) is 19.6 Å². The molecule has 1 N–H and O–H groups in total. The maximum absolute atomic E-state index is 11.5. The molecule has 0 saturated heterocycles. The molecule has 1 aromatic carbocycles. The van der Waals surface area contributed by atoms with Crippen LogP contribution in [0, 0.1) is 5.92 Å². The predicted molar refractivity (Wildman–Crippen MR) is 89.3 cm³/mol. The average Bonchev–Trinajstić information content (AvgIpc) is 2.57. The van der Waals surface area contributed by atoms with Crippen molar-refractivity contribution in [1.29, 1.82) is 0 Å². The zero-order valence-electron chi connectivity index (χ0n) is 13.7. The maximum atomic E-state index is 11.5. The molecule has 0 unspecified atom stereocenters. The Hall–Kier alpha value is -0.860. The standard InChI is InChI=1S/C19H31NO/c1-3-20(4-2)16-15-19(21,17-11-7-5-8-12-17)18-13-9-6-10-14-18/h5,7-8,11-12,18,21H,3-4,6,9-10,13-16H2,1-2H3/t19-/m1/s1. The van der Waals surface area contributed by atoms with Gasteiger partial charge in [-0.1, -0.05) is 63.4 Å². The lowest BCUT2D eigenvalue weighted by Gasteiger charge is -2.40. The van der Waals surface area contributed by atoms with Crippen molar-refractivity contribution >= 4 is 0 Å². The van der Waals surface area contributed by atoms with Crippen molar-refractivity contribution in [3.05, 3.63) is 35.9 Å². The van der Waals surface area contributed by atoms with Gasteiger partial charge in [-0.15, -0.1) is 0 Å². The smallest absolute Gasteiger partial charge is 0.0936 e. The third kappa shape index (κ3) is 4.08. The van der Waals surface area contributed by atoms with Crippen LogP contribution in [0.2, 0.25) is 0 Å². The van der Waals surface area contributed by atoms with Crippen LogP contribution in [0.3, 0.4) is 0 Å². The second kappa shape index (κ2) is 7.95. The van der Waals surface area contributed by atoms with Crippen LogP contribution in [0.1, 0.15) is 57.9 Å². The van der Waals surface area contributed by atoms with Gasteiger partial charge in [0.1, 0.15) is 0 Å². The number of nitrogens with zero attached hydrogens (tertiary/aromatic N) is 1. The Morgan fingerprint density at radius 3 is 2.24 bits per heavy atom. The number of rotatable bonds is 7. The van der Waals surface area contributed by atoms with E-state index in [4.69, 9.17) is 0 Å². The first-order chi connectivity index (χ1) is 10.2. The predicted octanol–water partition coefficient (Wildman–Crippen LogP) is 4.19. The highest BCUT2D eigenvalue weighted by molar-refractivity contribution is 5.23. The molecular formula is C19H31NO. The largest absolute Gasteiger partial charge is 0.385 e. The van der Waals surface area contributed by atoms with Crippen molar-refractivity contribution in [1.82, 2.24) is 4.90 Å². The van der Waals surface area contributed by atoms with Crippen LogP contribution in [0.25, 0.3) is 0 Å². The molecule has 1 aromatic rings. The summed E-state index contributed by atoms with van der Waals surface area (Å²) in [5, 5.41) is 11.5. The molecule has 1 aliphatic rings. The molecule has 0 amide bonds. The van der Waals surface area contributed by atoms with Crippen LogP contribution >= 0.6 is 0 Å². The number of hydrogen-bond donors (Lipinski definition) is 1. The van der Waals surface area contributed by atoms with Crippen molar-refractivity contribution in [3.63, 3.8) is 0 Å². The molecule has 2 rings (SSSR count). The zero-order chi connectivity index (χ0) is 15.1. The fourth-order valence-corrected chi connectivity index (χ4v) is 3.76. The number of hydrogen-bond acceptors (Lipinski definition) is 2. The SMILES string of the molecule is CCN(CC)CC[C@@](O)(c1ccccc1)C1CCCCC1. The van der Waals surface area contributed by atoms with Gasteiger partial charge < -0.3 is 10.0 Å². The topological polar surface area (TPSA) is 23.5 Å². The molecule has 1 saturated carbocycles. The van der Waals surface area contributed by atoms with E-state index >= 15 is 0 Å². The normalized spacial score (nSPS) is 19.6.